The number of halogens is 3. The lowest BCUT2D eigenvalue weighted by Gasteiger charge is -2.46. The number of alkyl halides is 3. The highest BCUT2D eigenvalue weighted by atomic mass is 19.4. The largest absolute Gasteiger partial charge is 0.399 e. The second-order valence-electron chi connectivity index (χ2n) is 6.05. The van der Waals surface area contributed by atoms with E-state index in [1.165, 1.54) is 0 Å². The summed E-state index contributed by atoms with van der Waals surface area (Å²) in [5, 5.41) is 7.16. The van der Waals surface area contributed by atoms with Gasteiger partial charge in [-0.1, -0.05) is 0 Å². The third kappa shape index (κ3) is 3.44. The standard InChI is InChI=1S/C13H23F3N4/c1-19-5-2-3-9-7-20(6-4-11(9)19)8-10(12(17)18)13(14,15)16/h9-11H,2-8H2,1H3,(H3,17,18). The average Bonchev–Trinajstić information content (AvgIpc) is 2.34. The second-order valence-corrected chi connectivity index (χ2v) is 6.05. The van der Waals surface area contributed by atoms with Crippen molar-refractivity contribution in [2.45, 2.75) is 31.5 Å². The van der Waals surface area contributed by atoms with Gasteiger partial charge in [-0.05, 0) is 45.3 Å². The van der Waals surface area contributed by atoms with Gasteiger partial charge in [-0.15, -0.1) is 0 Å². The third-order valence-corrected chi connectivity index (χ3v) is 4.64. The van der Waals surface area contributed by atoms with Gasteiger partial charge in [-0.2, -0.15) is 13.2 Å². The number of piperidine rings is 2. The summed E-state index contributed by atoms with van der Waals surface area (Å²) >= 11 is 0. The summed E-state index contributed by atoms with van der Waals surface area (Å²) < 4.78 is 38.6. The van der Waals surface area contributed by atoms with Gasteiger partial charge in [0.2, 0.25) is 0 Å². The van der Waals surface area contributed by atoms with Crippen LogP contribution in [0.2, 0.25) is 0 Å². The van der Waals surface area contributed by atoms with Gasteiger partial charge in [-0.3, -0.25) is 5.41 Å². The first-order valence-corrected chi connectivity index (χ1v) is 7.12. The minimum atomic E-state index is -4.42. The maximum absolute atomic E-state index is 12.9. The van der Waals surface area contributed by atoms with Crippen LogP contribution in [0.25, 0.3) is 0 Å². The third-order valence-electron chi connectivity index (χ3n) is 4.64. The van der Waals surface area contributed by atoms with Crippen molar-refractivity contribution in [3.63, 3.8) is 0 Å². The molecular formula is C13H23F3N4. The molecule has 2 heterocycles. The molecule has 2 rings (SSSR count). The van der Waals surface area contributed by atoms with Gasteiger partial charge in [0.15, 0.2) is 0 Å². The highest BCUT2D eigenvalue weighted by Crippen LogP contribution is 2.32. The summed E-state index contributed by atoms with van der Waals surface area (Å²) in [6.45, 7) is 2.26. The van der Waals surface area contributed by atoms with Crippen molar-refractivity contribution in [3.8, 4) is 0 Å². The Kier molecular flexibility index (Phi) is 4.59. The zero-order valence-electron chi connectivity index (χ0n) is 11.8. The lowest BCUT2D eigenvalue weighted by molar-refractivity contribution is -0.161. The molecule has 3 N–H and O–H groups in total. The van der Waals surface area contributed by atoms with Crippen molar-refractivity contribution in [1.29, 1.82) is 5.41 Å². The molecule has 2 fully saturated rings. The maximum Gasteiger partial charge on any atom is 0.399 e. The molecule has 0 saturated carbocycles. The van der Waals surface area contributed by atoms with Crippen LogP contribution in [0, 0.1) is 17.2 Å². The summed E-state index contributed by atoms with van der Waals surface area (Å²) in [7, 11) is 2.10. The number of nitrogens with zero attached hydrogens (tertiary/aromatic N) is 2. The molecule has 0 spiro atoms. The number of nitrogens with one attached hydrogen (secondary N) is 1. The molecule has 20 heavy (non-hydrogen) atoms. The summed E-state index contributed by atoms with van der Waals surface area (Å²) in [6.07, 6.45) is -1.32. The number of rotatable bonds is 3. The van der Waals surface area contributed by atoms with E-state index >= 15 is 0 Å². The van der Waals surface area contributed by atoms with E-state index in [0.717, 1.165) is 25.8 Å². The lowest BCUT2D eigenvalue weighted by Crippen LogP contribution is -2.55. The first-order valence-electron chi connectivity index (χ1n) is 7.12. The van der Waals surface area contributed by atoms with Gasteiger partial charge in [0.05, 0.1) is 0 Å². The van der Waals surface area contributed by atoms with E-state index in [-0.39, 0.29) is 6.54 Å². The van der Waals surface area contributed by atoms with Crippen molar-refractivity contribution >= 4 is 5.84 Å². The minimum Gasteiger partial charge on any atom is -0.387 e. The molecule has 3 unspecified atom stereocenters. The van der Waals surface area contributed by atoms with Crippen molar-refractivity contribution in [1.82, 2.24) is 9.80 Å². The molecule has 0 aliphatic carbocycles. The van der Waals surface area contributed by atoms with Gasteiger partial charge >= 0.3 is 6.18 Å². The molecule has 0 aromatic carbocycles. The molecule has 116 valence electrons. The number of hydrogen-bond donors (Lipinski definition) is 2. The van der Waals surface area contributed by atoms with Crippen LogP contribution in [-0.2, 0) is 0 Å². The lowest BCUT2D eigenvalue weighted by atomic mass is 9.84. The molecule has 4 nitrogen and oxygen atoms in total. The smallest absolute Gasteiger partial charge is 0.387 e. The Labute approximate surface area is 117 Å². The molecule has 0 aromatic rings. The SMILES string of the molecule is CN1CCCC2CN(CC(C(=N)N)C(F)(F)F)CCC21. The van der Waals surface area contributed by atoms with Gasteiger partial charge in [0, 0.05) is 19.1 Å². The molecule has 3 atom stereocenters. The zero-order valence-corrected chi connectivity index (χ0v) is 11.8. The molecule has 0 aromatic heterocycles. The van der Waals surface area contributed by atoms with Crippen LogP contribution in [0.1, 0.15) is 19.3 Å². The van der Waals surface area contributed by atoms with E-state index in [0.29, 0.717) is 25.0 Å². The van der Waals surface area contributed by atoms with Crippen LogP contribution in [0.4, 0.5) is 13.2 Å². The highest BCUT2D eigenvalue weighted by Gasteiger charge is 2.44. The van der Waals surface area contributed by atoms with E-state index in [1.807, 2.05) is 4.90 Å². The molecule has 7 heteroatoms. The van der Waals surface area contributed by atoms with Crippen LogP contribution < -0.4 is 5.73 Å². The maximum atomic E-state index is 12.9. The Morgan fingerprint density at radius 1 is 1.35 bits per heavy atom. The predicted molar refractivity (Wildman–Crippen MR) is 71.7 cm³/mol. The molecule has 0 radical (unpaired) electrons. The topological polar surface area (TPSA) is 56.4 Å². The Bertz CT molecular complexity index is 358. The molecular weight excluding hydrogens is 269 g/mol. The fraction of sp³-hybridized carbons (Fsp3) is 0.923. The number of likely N-dealkylation sites (tertiary alicyclic amines) is 2. The van der Waals surface area contributed by atoms with Crippen molar-refractivity contribution in [2.75, 3.05) is 33.2 Å². The van der Waals surface area contributed by atoms with Crippen LogP contribution in [-0.4, -0.2) is 61.1 Å². The first-order chi connectivity index (χ1) is 9.29. The van der Waals surface area contributed by atoms with Crippen LogP contribution in [0.15, 0.2) is 0 Å². The monoisotopic (exact) mass is 292 g/mol. The normalized spacial score (nSPS) is 30.8. The fourth-order valence-electron chi connectivity index (χ4n) is 3.53. The Morgan fingerprint density at radius 3 is 2.65 bits per heavy atom. The minimum absolute atomic E-state index is 0.175. The summed E-state index contributed by atoms with van der Waals surface area (Å²) in [5.74, 6) is -2.16. The number of hydrogen-bond acceptors (Lipinski definition) is 3. The van der Waals surface area contributed by atoms with Gasteiger partial charge in [0.1, 0.15) is 11.8 Å². The van der Waals surface area contributed by atoms with Gasteiger partial charge in [0.25, 0.3) is 0 Å². The van der Waals surface area contributed by atoms with E-state index in [1.54, 1.807) is 0 Å². The van der Waals surface area contributed by atoms with Crippen molar-refractivity contribution in [2.24, 2.45) is 17.6 Å². The number of fused-ring (bicyclic) bond motifs is 1. The van der Waals surface area contributed by atoms with Crippen LogP contribution in [0.3, 0.4) is 0 Å². The summed E-state index contributed by atoms with van der Waals surface area (Å²) in [4.78, 5) is 4.16. The Morgan fingerprint density at radius 2 is 2.05 bits per heavy atom. The Balaban J connectivity index is 1.96. The van der Waals surface area contributed by atoms with Gasteiger partial charge < -0.3 is 15.5 Å². The molecule has 2 aliphatic heterocycles. The molecule has 2 aliphatic rings. The first kappa shape index (κ1) is 15.6. The molecule has 0 amide bonds. The van der Waals surface area contributed by atoms with Crippen molar-refractivity contribution < 1.29 is 13.2 Å². The van der Waals surface area contributed by atoms with E-state index in [4.69, 9.17) is 11.1 Å². The van der Waals surface area contributed by atoms with E-state index in [2.05, 4.69) is 11.9 Å². The fourth-order valence-corrected chi connectivity index (χ4v) is 3.53. The quantitative estimate of drug-likeness (QED) is 0.612. The zero-order chi connectivity index (χ0) is 14.9. The predicted octanol–water partition coefficient (Wildman–Crippen LogP) is 1.52. The number of amidine groups is 1. The molecule has 2 saturated heterocycles. The van der Waals surface area contributed by atoms with E-state index < -0.39 is 17.9 Å². The van der Waals surface area contributed by atoms with E-state index in [9.17, 15) is 13.2 Å². The second kappa shape index (κ2) is 5.89. The summed E-state index contributed by atoms with van der Waals surface area (Å²) in [5.41, 5.74) is 5.12. The van der Waals surface area contributed by atoms with Crippen LogP contribution in [0.5, 0.6) is 0 Å². The highest BCUT2D eigenvalue weighted by molar-refractivity contribution is 5.80. The van der Waals surface area contributed by atoms with Crippen molar-refractivity contribution in [3.05, 3.63) is 0 Å². The Hall–Kier alpha value is -0.820. The van der Waals surface area contributed by atoms with Crippen LogP contribution >= 0.6 is 0 Å². The number of nitrogens with two attached hydrogens (primary N) is 1. The molecule has 0 bridgehead atoms. The van der Waals surface area contributed by atoms with Gasteiger partial charge in [-0.25, -0.2) is 0 Å². The summed E-state index contributed by atoms with van der Waals surface area (Å²) in [6, 6.07) is 0.502. The average molecular weight is 292 g/mol.